The second-order valence-corrected chi connectivity index (χ2v) is 2.38. The lowest BCUT2D eigenvalue weighted by atomic mass is 10.1. The maximum Gasteiger partial charge on any atom is 0.0257 e. The molecule has 0 unspecified atom stereocenters. The van der Waals surface area contributed by atoms with E-state index in [0.29, 0.717) is 0 Å². The van der Waals surface area contributed by atoms with E-state index in [2.05, 4.69) is 6.58 Å². The Kier molecular flexibility index (Phi) is 2.53. The summed E-state index contributed by atoms with van der Waals surface area (Å²) in [4.78, 5) is 0. The van der Waals surface area contributed by atoms with E-state index in [1.165, 1.54) is 12.4 Å². The minimum atomic E-state index is 0.752. The van der Waals surface area contributed by atoms with Crippen LogP contribution in [-0.4, -0.2) is 12.4 Å². The van der Waals surface area contributed by atoms with Gasteiger partial charge < -0.3 is 10.8 Å². The van der Waals surface area contributed by atoms with Gasteiger partial charge in [-0.25, -0.2) is 0 Å². The van der Waals surface area contributed by atoms with Crippen molar-refractivity contribution in [3.63, 3.8) is 0 Å². The standard InChI is InChI=1S/C10H10N2/c1-2-8-3-4-9(6-11)10(5-8)7-12/h2-7,11-12H,1H2. The van der Waals surface area contributed by atoms with E-state index >= 15 is 0 Å². The van der Waals surface area contributed by atoms with Gasteiger partial charge in [-0.2, -0.15) is 0 Å². The van der Waals surface area contributed by atoms with Crippen LogP contribution in [0.1, 0.15) is 16.7 Å². The molecule has 0 radical (unpaired) electrons. The molecule has 0 saturated carbocycles. The highest BCUT2D eigenvalue weighted by Gasteiger charge is 1.96. The number of benzene rings is 1. The maximum absolute atomic E-state index is 7.10. The van der Waals surface area contributed by atoms with Crippen LogP contribution in [0.15, 0.2) is 24.8 Å². The molecule has 0 aromatic heterocycles. The third-order valence-electron chi connectivity index (χ3n) is 1.66. The van der Waals surface area contributed by atoms with Crippen LogP contribution in [0.3, 0.4) is 0 Å². The summed E-state index contributed by atoms with van der Waals surface area (Å²) in [5, 5.41) is 14.2. The molecule has 0 aliphatic carbocycles. The average molecular weight is 158 g/mol. The first-order valence-corrected chi connectivity index (χ1v) is 3.59. The minimum Gasteiger partial charge on any atom is -0.308 e. The van der Waals surface area contributed by atoms with Crippen LogP contribution in [0.4, 0.5) is 0 Å². The zero-order valence-electron chi connectivity index (χ0n) is 6.67. The van der Waals surface area contributed by atoms with Gasteiger partial charge in [0.15, 0.2) is 0 Å². The summed E-state index contributed by atoms with van der Waals surface area (Å²) in [7, 11) is 0. The highest BCUT2D eigenvalue weighted by atomic mass is 14.4. The van der Waals surface area contributed by atoms with Crippen molar-refractivity contribution in [3.05, 3.63) is 41.5 Å². The third-order valence-corrected chi connectivity index (χ3v) is 1.66. The van der Waals surface area contributed by atoms with E-state index in [-0.39, 0.29) is 0 Å². The number of nitrogens with one attached hydrogen (secondary N) is 2. The third kappa shape index (κ3) is 1.48. The molecule has 0 heterocycles. The van der Waals surface area contributed by atoms with Gasteiger partial charge in [0, 0.05) is 23.6 Å². The molecule has 2 N–H and O–H groups in total. The van der Waals surface area contributed by atoms with E-state index in [1.807, 2.05) is 18.2 Å². The quantitative estimate of drug-likeness (QED) is 0.634. The second-order valence-electron chi connectivity index (χ2n) is 2.38. The van der Waals surface area contributed by atoms with E-state index in [9.17, 15) is 0 Å². The van der Waals surface area contributed by atoms with E-state index in [1.54, 1.807) is 6.08 Å². The summed E-state index contributed by atoms with van der Waals surface area (Å²) in [6, 6.07) is 5.52. The number of hydrogen-bond donors (Lipinski definition) is 2. The summed E-state index contributed by atoms with van der Waals surface area (Å²) < 4.78 is 0. The molecule has 0 amide bonds. The highest BCUT2D eigenvalue weighted by molar-refractivity contribution is 5.92. The summed E-state index contributed by atoms with van der Waals surface area (Å²) in [5.74, 6) is 0. The van der Waals surface area contributed by atoms with Crippen molar-refractivity contribution in [2.24, 2.45) is 0 Å². The van der Waals surface area contributed by atoms with Crippen LogP contribution in [0.2, 0.25) is 0 Å². The van der Waals surface area contributed by atoms with Crippen LogP contribution >= 0.6 is 0 Å². The van der Waals surface area contributed by atoms with Crippen LogP contribution < -0.4 is 0 Å². The fraction of sp³-hybridized carbons (Fsp3) is 0. The van der Waals surface area contributed by atoms with Crippen LogP contribution in [0.25, 0.3) is 6.08 Å². The Bertz CT molecular complexity index is 327. The van der Waals surface area contributed by atoms with Crippen LogP contribution in [0, 0.1) is 10.8 Å². The Morgan fingerprint density at radius 3 is 2.25 bits per heavy atom. The van der Waals surface area contributed by atoms with E-state index in [0.717, 1.165) is 16.7 Å². The molecule has 0 aliphatic heterocycles. The first-order valence-electron chi connectivity index (χ1n) is 3.59. The molecule has 1 aromatic rings. The molecule has 0 saturated heterocycles. The smallest absolute Gasteiger partial charge is 0.0257 e. The molecule has 60 valence electrons. The first-order chi connectivity index (χ1) is 5.81. The summed E-state index contributed by atoms with van der Waals surface area (Å²) >= 11 is 0. The summed E-state index contributed by atoms with van der Waals surface area (Å²) in [5.41, 5.74) is 2.48. The predicted molar refractivity (Wildman–Crippen MR) is 52.3 cm³/mol. The van der Waals surface area contributed by atoms with Crippen molar-refractivity contribution in [1.29, 1.82) is 10.8 Å². The van der Waals surface area contributed by atoms with Crippen molar-refractivity contribution in [1.82, 2.24) is 0 Å². The Balaban J connectivity index is 3.27. The first kappa shape index (κ1) is 8.40. The summed E-state index contributed by atoms with van der Waals surface area (Å²) in [6.07, 6.45) is 4.21. The lowest BCUT2D eigenvalue weighted by Crippen LogP contribution is -1.90. The van der Waals surface area contributed by atoms with Crippen molar-refractivity contribution >= 4 is 18.5 Å². The molecular formula is C10H10N2. The van der Waals surface area contributed by atoms with E-state index < -0.39 is 0 Å². The van der Waals surface area contributed by atoms with Gasteiger partial charge in [0.2, 0.25) is 0 Å². The fourth-order valence-corrected chi connectivity index (χ4v) is 0.977. The number of rotatable bonds is 3. The zero-order chi connectivity index (χ0) is 8.97. The van der Waals surface area contributed by atoms with Gasteiger partial charge in [0.25, 0.3) is 0 Å². The molecule has 12 heavy (non-hydrogen) atoms. The lowest BCUT2D eigenvalue weighted by molar-refractivity contribution is 1.49. The molecule has 1 aromatic carbocycles. The predicted octanol–water partition coefficient (Wildman–Crippen LogP) is 2.32. The van der Waals surface area contributed by atoms with E-state index in [4.69, 9.17) is 10.8 Å². The van der Waals surface area contributed by atoms with Gasteiger partial charge in [-0.3, -0.25) is 0 Å². The molecule has 0 bridgehead atoms. The SMILES string of the molecule is C=Cc1ccc(C=N)c(C=N)c1. The topological polar surface area (TPSA) is 47.7 Å². The monoisotopic (exact) mass is 158 g/mol. The van der Waals surface area contributed by atoms with Crippen molar-refractivity contribution in [3.8, 4) is 0 Å². The van der Waals surface area contributed by atoms with Crippen molar-refractivity contribution < 1.29 is 0 Å². The molecule has 0 spiro atoms. The van der Waals surface area contributed by atoms with Gasteiger partial charge in [0.1, 0.15) is 0 Å². The maximum atomic E-state index is 7.10. The molecule has 0 aliphatic rings. The molecule has 0 atom stereocenters. The molecule has 1 rings (SSSR count). The second kappa shape index (κ2) is 3.62. The average Bonchev–Trinajstić information content (AvgIpc) is 2.16. The lowest BCUT2D eigenvalue weighted by Gasteiger charge is -1.99. The fourth-order valence-electron chi connectivity index (χ4n) is 0.977. The molecule has 2 heteroatoms. The summed E-state index contributed by atoms with van der Waals surface area (Å²) in [6.45, 7) is 3.63. The Morgan fingerprint density at radius 1 is 1.08 bits per heavy atom. The van der Waals surface area contributed by atoms with Crippen LogP contribution in [-0.2, 0) is 0 Å². The minimum absolute atomic E-state index is 0.752. The molecule has 0 fully saturated rings. The number of hydrogen-bond acceptors (Lipinski definition) is 2. The normalized spacial score (nSPS) is 9.00. The van der Waals surface area contributed by atoms with Gasteiger partial charge >= 0.3 is 0 Å². The van der Waals surface area contributed by atoms with Crippen molar-refractivity contribution in [2.45, 2.75) is 0 Å². The van der Waals surface area contributed by atoms with Gasteiger partial charge in [-0.15, -0.1) is 0 Å². The van der Waals surface area contributed by atoms with Crippen LogP contribution in [0.5, 0.6) is 0 Å². The van der Waals surface area contributed by atoms with Gasteiger partial charge in [-0.1, -0.05) is 24.8 Å². The highest BCUT2D eigenvalue weighted by Crippen LogP contribution is 2.08. The molecule has 2 nitrogen and oxygen atoms in total. The van der Waals surface area contributed by atoms with Gasteiger partial charge in [-0.05, 0) is 11.6 Å². The Hall–Kier alpha value is -1.70. The van der Waals surface area contributed by atoms with Crippen molar-refractivity contribution in [2.75, 3.05) is 0 Å². The largest absolute Gasteiger partial charge is 0.308 e. The Morgan fingerprint density at radius 2 is 1.75 bits per heavy atom. The Labute approximate surface area is 71.6 Å². The zero-order valence-corrected chi connectivity index (χ0v) is 6.67. The molecular weight excluding hydrogens is 148 g/mol. The van der Waals surface area contributed by atoms with Gasteiger partial charge in [0.05, 0.1) is 0 Å².